The smallest absolute Gasteiger partial charge is 0.162 e. The highest BCUT2D eigenvalue weighted by atomic mass is 16.1. The van der Waals surface area contributed by atoms with Crippen molar-refractivity contribution in [3.8, 4) is 0 Å². The SMILES string of the molecule is CC1=CC(=O)C2(C)C(C)CCCC2(C)C1. The molecule has 0 saturated heterocycles. The first-order chi connectivity index (χ1) is 6.90. The molecule has 1 heteroatoms. The Bertz CT molecular complexity index is 328. The van der Waals surface area contributed by atoms with Gasteiger partial charge in [-0.05, 0) is 43.6 Å². The van der Waals surface area contributed by atoms with E-state index < -0.39 is 0 Å². The largest absolute Gasteiger partial charge is 0.294 e. The predicted molar refractivity (Wildman–Crippen MR) is 62.6 cm³/mol. The minimum absolute atomic E-state index is 0.106. The number of ketones is 1. The molecule has 2 aliphatic rings. The molecule has 0 radical (unpaired) electrons. The fourth-order valence-electron chi connectivity index (χ4n) is 3.79. The summed E-state index contributed by atoms with van der Waals surface area (Å²) in [6, 6.07) is 0. The summed E-state index contributed by atoms with van der Waals surface area (Å²) >= 11 is 0. The van der Waals surface area contributed by atoms with E-state index in [-0.39, 0.29) is 10.8 Å². The van der Waals surface area contributed by atoms with E-state index in [2.05, 4.69) is 27.7 Å². The molecular weight excluding hydrogens is 184 g/mol. The van der Waals surface area contributed by atoms with Crippen molar-refractivity contribution in [1.82, 2.24) is 0 Å². The fourth-order valence-corrected chi connectivity index (χ4v) is 3.79. The fraction of sp³-hybridized carbons (Fsp3) is 0.786. The van der Waals surface area contributed by atoms with E-state index in [9.17, 15) is 4.79 Å². The zero-order valence-electron chi connectivity index (χ0n) is 10.4. The van der Waals surface area contributed by atoms with Crippen molar-refractivity contribution in [2.45, 2.75) is 53.4 Å². The average Bonchev–Trinajstić information content (AvgIpc) is 2.11. The number of fused-ring (bicyclic) bond motifs is 1. The van der Waals surface area contributed by atoms with Crippen LogP contribution in [0.15, 0.2) is 11.6 Å². The van der Waals surface area contributed by atoms with Crippen LogP contribution in [0.25, 0.3) is 0 Å². The van der Waals surface area contributed by atoms with E-state index in [1.165, 1.54) is 24.8 Å². The van der Waals surface area contributed by atoms with E-state index in [1.54, 1.807) is 0 Å². The number of hydrogen-bond donors (Lipinski definition) is 0. The number of hydrogen-bond acceptors (Lipinski definition) is 1. The Hall–Kier alpha value is -0.590. The maximum absolute atomic E-state index is 12.3. The third-order valence-electron chi connectivity index (χ3n) is 5.16. The van der Waals surface area contributed by atoms with Crippen LogP contribution >= 0.6 is 0 Å². The van der Waals surface area contributed by atoms with E-state index in [4.69, 9.17) is 0 Å². The van der Waals surface area contributed by atoms with Crippen LogP contribution < -0.4 is 0 Å². The molecule has 0 N–H and O–H groups in total. The van der Waals surface area contributed by atoms with Gasteiger partial charge in [-0.1, -0.05) is 32.8 Å². The molecule has 0 spiro atoms. The third-order valence-corrected chi connectivity index (χ3v) is 5.16. The van der Waals surface area contributed by atoms with Crippen LogP contribution in [0.3, 0.4) is 0 Å². The molecule has 1 nitrogen and oxygen atoms in total. The molecule has 84 valence electrons. The van der Waals surface area contributed by atoms with Crippen molar-refractivity contribution >= 4 is 5.78 Å². The summed E-state index contributed by atoms with van der Waals surface area (Å²) < 4.78 is 0. The number of carbonyl (C=O) groups excluding carboxylic acids is 1. The Morgan fingerprint density at radius 3 is 2.73 bits per heavy atom. The lowest BCUT2D eigenvalue weighted by molar-refractivity contribution is -0.141. The van der Waals surface area contributed by atoms with E-state index >= 15 is 0 Å². The number of allylic oxidation sites excluding steroid dienone is 2. The molecule has 0 bridgehead atoms. The van der Waals surface area contributed by atoms with Crippen molar-refractivity contribution < 1.29 is 4.79 Å². The molecule has 0 aromatic carbocycles. The Kier molecular flexibility index (Phi) is 2.33. The van der Waals surface area contributed by atoms with Gasteiger partial charge in [-0.2, -0.15) is 0 Å². The van der Waals surface area contributed by atoms with E-state index in [0.717, 1.165) is 6.42 Å². The summed E-state index contributed by atoms with van der Waals surface area (Å²) in [5, 5.41) is 0. The summed E-state index contributed by atoms with van der Waals surface area (Å²) in [4.78, 5) is 12.3. The second kappa shape index (κ2) is 3.20. The van der Waals surface area contributed by atoms with Gasteiger partial charge < -0.3 is 0 Å². The van der Waals surface area contributed by atoms with Gasteiger partial charge in [-0.3, -0.25) is 4.79 Å². The van der Waals surface area contributed by atoms with Crippen LogP contribution in [-0.2, 0) is 4.79 Å². The Labute approximate surface area is 92.9 Å². The molecule has 0 heterocycles. The lowest BCUT2D eigenvalue weighted by atomic mass is 9.48. The quantitative estimate of drug-likeness (QED) is 0.590. The monoisotopic (exact) mass is 206 g/mol. The van der Waals surface area contributed by atoms with Crippen LogP contribution in [0.2, 0.25) is 0 Å². The zero-order valence-corrected chi connectivity index (χ0v) is 10.4. The summed E-state index contributed by atoms with van der Waals surface area (Å²) in [6.45, 7) is 8.87. The Morgan fingerprint density at radius 2 is 2.07 bits per heavy atom. The normalized spacial score (nSPS) is 46.0. The molecule has 1 fully saturated rings. The topological polar surface area (TPSA) is 17.1 Å². The summed E-state index contributed by atoms with van der Waals surface area (Å²) in [7, 11) is 0. The van der Waals surface area contributed by atoms with Crippen LogP contribution in [0.4, 0.5) is 0 Å². The van der Waals surface area contributed by atoms with Gasteiger partial charge in [-0.25, -0.2) is 0 Å². The molecule has 2 rings (SSSR count). The van der Waals surface area contributed by atoms with Crippen LogP contribution in [0.1, 0.15) is 53.4 Å². The number of rotatable bonds is 0. The van der Waals surface area contributed by atoms with Crippen molar-refractivity contribution in [3.63, 3.8) is 0 Å². The van der Waals surface area contributed by atoms with Gasteiger partial charge in [0.25, 0.3) is 0 Å². The van der Waals surface area contributed by atoms with Crippen molar-refractivity contribution in [1.29, 1.82) is 0 Å². The Balaban J connectivity index is 2.49. The summed E-state index contributed by atoms with van der Waals surface area (Å²) in [5.74, 6) is 0.911. The van der Waals surface area contributed by atoms with Crippen LogP contribution in [0, 0.1) is 16.7 Å². The molecule has 3 unspecified atom stereocenters. The molecule has 0 aromatic rings. The second-order valence-electron chi connectivity index (χ2n) is 6.09. The van der Waals surface area contributed by atoms with Crippen molar-refractivity contribution in [2.75, 3.05) is 0 Å². The minimum atomic E-state index is -0.106. The lowest BCUT2D eigenvalue weighted by Crippen LogP contribution is -2.52. The van der Waals surface area contributed by atoms with Crippen molar-refractivity contribution in [2.24, 2.45) is 16.7 Å². The van der Waals surface area contributed by atoms with Gasteiger partial charge in [0, 0.05) is 5.41 Å². The summed E-state index contributed by atoms with van der Waals surface area (Å²) in [5.41, 5.74) is 1.37. The zero-order chi connectivity index (χ0) is 11.3. The van der Waals surface area contributed by atoms with Gasteiger partial charge in [-0.15, -0.1) is 0 Å². The van der Waals surface area contributed by atoms with Crippen LogP contribution in [-0.4, -0.2) is 5.78 Å². The molecule has 1 saturated carbocycles. The Morgan fingerprint density at radius 1 is 1.40 bits per heavy atom. The molecule has 0 aromatic heterocycles. The average molecular weight is 206 g/mol. The van der Waals surface area contributed by atoms with E-state index in [0.29, 0.717) is 11.7 Å². The minimum Gasteiger partial charge on any atom is -0.294 e. The summed E-state index contributed by atoms with van der Waals surface area (Å²) in [6.07, 6.45) is 6.71. The van der Waals surface area contributed by atoms with Gasteiger partial charge in [0.05, 0.1) is 0 Å². The van der Waals surface area contributed by atoms with Gasteiger partial charge in [0.1, 0.15) is 0 Å². The highest BCUT2D eigenvalue weighted by Crippen LogP contribution is 2.58. The van der Waals surface area contributed by atoms with Gasteiger partial charge in [0.15, 0.2) is 5.78 Å². The van der Waals surface area contributed by atoms with Crippen molar-refractivity contribution in [3.05, 3.63) is 11.6 Å². The highest BCUT2D eigenvalue weighted by molar-refractivity contribution is 5.97. The lowest BCUT2D eigenvalue weighted by Gasteiger charge is -2.54. The first-order valence-electron chi connectivity index (χ1n) is 6.12. The molecular formula is C14H22O. The van der Waals surface area contributed by atoms with Gasteiger partial charge >= 0.3 is 0 Å². The predicted octanol–water partition coefficient (Wildman–Crippen LogP) is 3.74. The maximum Gasteiger partial charge on any atom is 0.162 e. The molecule has 3 atom stereocenters. The van der Waals surface area contributed by atoms with Crippen LogP contribution in [0.5, 0.6) is 0 Å². The first kappa shape index (κ1) is 10.9. The van der Waals surface area contributed by atoms with E-state index in [1.807, 2.05) is 6.08 Å². The third kappa shape index (κ3) is 1.32. The molecule has 15 heavy (non-hydrogen) atoms. The maximum atomic E-state index is 12.3. The molecule has 0 amide bonds. The first-order valence-corrected chi connectivity index (χ1v) is 6.12. The number of carbonyl (C=O) groups is 1. The standard InChI is InChI=1S/C14H22O/c1-10-8-12(15)14(4)11(2)6-5-7-13(14,3)9-10/h8,11H,5-7,9H2,1-4H3. The van der Waals surface area contributed by atoms with Gasteiger partial charge in [0.2, 0.25) is 0 Å². The molecule has 0 aliphatic heterocycles. The second-order valence-corrected chi connectivity index (χ2v) is 6.09. The highest BCUT2D eigenvalue weighted by Gasteiger charge is 2.55. The molecule has 2 aliphatic carbocycles.